The van der Waals surface area contributed by atoms with Crippen LogP contribution in [0.3, 0.4) is 0 Å². The summed E-state index contributed by atoms with van der Waals surface area (Å²) in [4.78, 5) is 15.6. The van der Waals surface area contributed by atoms with Crippen LogP contribution in [-0.4, -0.2) is 52.1 Å². The van der Waals surface area contributed by atoms with Crippen LogP contribution in [0, 0.1) is 6.92 Å². The molecule has 178 valence electrons. The van der Waals surface area contributed by atoms with Gasteiger partial charge in [-0.25, -0.2) is 8.42 Å². The summed E-state index contributed by atoms with van der Waals surface area (Å²) in [5.41, 5.74) is 2.88. The summed E-state index contributed by atoms with van der Waals surface area (Å²) in [6.45, 7) is 5.68. The monoisotopic (exact) mass is 479 g/mol. The van der Waals surface area contributed by atoms with Gasteiger partial charge in [0.15, 0.2) is 0 Å². The van der Waals surface area contributed by atoms with E-state index in [4.69, 9.17) is 4.74 Å². The Morgan fingerprint density at radius 2 is 1.68 bits per heavy atom. The highest BCUT2D eigenvalue weighted by molar-refractivity contribution is 7.92. The molecule has 34 heavy (non-hydrogen) atoms. The lowest BCUT2D eigenvalue weighted by Gasteiger charge is -2.31. The van der Waals surface area contributed by atoms with Gasteiger partial charge in [-0.2, -0.15) is 0 Å². The number of carbonyl (C=O) groups is 1. The molecule has 0 aliphatic carbocycles. The van der Waals surface area contributed by atoms with Crippen molar-refractivity contribution in [1.82, 2.24) is 10.2 Å². The summed E-state index contributed by atoms with van der Waals surface area (Å²) in [6.07, 6.45) is 0. The number of nitrogens with one attached hydrogen (secondary N) is 2. The fraction of sp³-hybridized carbons (Fsp3) is 0.269. The second-order valence-corrected chi connectivity index (χ2v) is 10.0. The molecule has 3 aromatic rings. The molecule has 8 heteroatoms. The van der Waals surface area contributed by atoms with Crippen molar-refractivity contribution in [3.63, 3.8) is 0 Å². The largest absolute Gasteiger partial charge is 0.379 e. The number of amides is 1. The third-order valence-electron chi connectivity index (χ3n) is 5.76. The van der Waals surface area contributed by atoms with Gasteiger partial charge >= 0.3 is 0 Å². The predicted octanol–water partition coefficient (Wildman–Crippen LogP) is 3.60. The van der Waals surface area contributed by atoms with Crippen LogP contribution < -0.4 is 10.0 Å². The number of aryl methyl sites for hydroxylation is 1. The van der Waals surface area contributed by atoms with E-state index in [1.165, 1.54) is 12.1 Å². The standard InChI is InChI=1S/C26H29N3O4S/c1-20-10-12-21(13-11-20)25(19-29-14-16-33-17-15-29)27-26(30)22-6-5-7-23(18-22)28-34(31,32)24-8-3-2-4-9-24/h2-13,18,25,28H,14-17,19H2,1H3,(H,27,30)/t25-/m1/s1. The second-order valence-electron chi connectivity index (χ2n) is 8.35. The van der Waals surface area contributed by atoms with Crippen molar-refractivity contribution in [1.29, 1.82) is 0 Å². The van der Waals surface area contributed by atoms with Crippen LogP contribution in [0.4, 0.5) is 5.69 Å². The summed E-state index contributed by atoms with van der Waals surface area (Å²) in [5.74, 6) is -0.264. The molecule has 3 aromatic carbocycles. The molecule has 0 aromatic heterocycles. The van der Waals surface area contributed by atoms with Gasteiger partial charge in [-0.3, -0.25) is 14.4 Å². The van der Waals surface area contributed by atoms with Crippen molar-refractivity contribution in [2.24, 2.45) is 0 Å². The molecular weight excluding hydrogens is 450 g/mol. The minimum Gasteiger partial charge on any atom is -0.379 e. The fourth-order valence-electron chi connectivity index (χ4n) is 3.85. The molecule has 0 unspecified atom stereocenters. The van der Waals surface area contributed by atoms with Gasteiger partial charge in [0.25, 0.3) is 15.9 Å². The zero-order valence-electron chi connectivity index (χ0n) is 19.1. The van der Waals surface area contributed by atoms with Crippen LogP contribution in [0.25, 0.3) is 0 Å². The predicted molar refractivity (Wildman–Crippen MR) is 132 cm³/mol. The van der Waals surface area contributed by atoms with Crippen molar-refractivity contribution in [2.75, 3.05) is 37.6 Å². The maximum absolute atomic E-state index is 13.2. The maximum atomic E-state index is 13.2. The van der Waals surface area contributed by atoms with Crippen LogP contribution in [0.2, 0.25) is 0 Å². The van der Waals surface area contributed by atoms with Gasteiger partial charge in [-0.1, -0.05) is 54.1 Å². The lowest BCUT2D eigenvalue weighted by Crippen LogP contribution is -2.43. The lowest BCUT2D eigenvalue weighted by molar-refractivity contribution is 0.0332. The number of anilines is 1. The minimum atomic E-state index is -3.75. The number of hydrogen-bond donors (Lipinski definition) is 2. The van der Waals surface area contributed by atoms with Crippen molar-refractivity contribution in [3.8, 4) is 0 Å². The number of morpholine rings is 1. The molecule has 1 heterocycles. The number of benzene rings is 3. The van der Waals surface area contributed by atoms with Gasteiger partial charge in [0.2, 0.25) is 0 Å². The Morgan fingerprint density at radius 3 is 2.38 bits per heavy atom. The zero-order chi connectivity index (χ0) is 24.0. The van der Waals surface area contributed by atoms with E-state index in [1.807, 2.05) is 31.2 Å². The van der Waals surface area contributed by atoms with E-state index < -0.39 is 10.0 Å². The summed E-state index contributed by atoms with van der Waals surface area (Å²) in [5, 5.41) is 3.14. The topological polar surface area (TPSA) is 87.7 Å². The number of rotatable bonds is 8. The van der Waals surface area contributed by atoms with E-state index in [0.29, 0.717) is 31.0 Å². The Kier molecular flexibility index (Phi) is 7.62. The first-order valence-electron chi connectivity index (χ1n) is 11.3. The molecule has 1 atom stereocenters. The SMILES string of the molecule is Cc1ccc([C@@H](CN2CCOCC2)NC(=O)c2cccc(NS(=O)(=O)c3ccccc3)c2)cc1. The van der Waals surface area contributed by atoms with E-state index in [2.05, 4.69) is 14.9 Å². The number of ether oxygens (including phenoxy) is 1. The molecule has 1 aliphatic rings. The molecule has 0 saturated carbocycles. The van der Waals surface area contributed by atoms with E-state index in [-0.39, 0.29) is 16.8 Å². The Morgan fingerprint density at radius 1 is 0.971 bits per heavy atom. The number of sulfonamides is 1. The minimum absolute atomic E-state index is 0.162. The molecule has 1 amide bonds. The maximum Gasteiger partial charge on any atom is 0.261 e. The van der Waals surface area contributed by atoms with Crippen molar-refractivity contribution >= 4 is 21.6 Å². The Bertz CT molecular complexity index is 1210. The van der Waals surface area contributed by atoms with Crippen molar-refractivity contribution < 1.29 is 17.9 Å². The Balaban J connectivity index is 1.51. The van der Waals surface area contributed by atoms with Gasteiger partial charge in [-0.15, -0.1) is 0 Å². The van der Waals surface area contributed by atoms with E-state index in [1.54, 1.807) is 42.5 Å². The van der Waals surface area contributed by atoms with Crippen LogP contribution in [-0.2, 0) is 14.8 Å². The molecular formula is C26H29N3O4S. The first-order chi connectivity index (χ1) is 16.4. The summed E-state index contributed by atoms with van der Waals surface area (Å²) < 4.78 is 33.3. The molecule has 4 rings (SSSR count). The van der Waals surface area contributed by atoms with Crippen LogP contribution in [0.1, 0.15) is 27.5 Å². The van der Waals surface area contributed by atoms with E-state index >= 15 is 0 Å². The zero-order valence-corrected chi connectivity index (χ0v) is 19.9. The highest BCUT2D eigenvalue weighted by Gasteiger charge is 2.21. The fourth-order valence-corrected chi connectivity index (χ4v) is 4.92. The first-order valence-corrected chi connectivity index (χ1v) is 12.7. The molecule has 2 N–H and O–H groups in total. The first kappa shape index (κ1) is 23.9. The Labute approximate surface area is 200 Å². The highest BCUT2D eigenvalue weighted by atomic mass is 32.2. The molecule has 1 aliphatic heterocycles. The summed E-state index contributed by atoms with van der Waals surface area (Å²) in [7, 11) is -3.75. The van der Waals surface area contributed by atoms with Crippen molar-refractivity contribution in [2.45, 2.75) is 17.9 Å². The molecule has 7 nitrogen and oxygen atoms in total. The molecule has 0 bridgehead atoms. The molecule has 0 spiro atoms. The van der Waals surface area contributed by atoms with Gasteiger partial charge in [0, 0.05) is 30.9 Å². The van der Waals surface area contributed by atoms with Gasteiger partial charge in [0.05, 0.1) is 24.2 Å². The second kappa shape index (κ2) is 10.8. The average Bonchev–Trinajstić information content (AvgIpc) is 2.85. The molecule has 0 radical (unpaired) electrons. The number of hydrogen-bond acceptors (Lipinski definition) is 5. The van der Waals surface area contributed by atoms with E-state index in [0.717, 1.165) is 24.2 Å². The van der Waals surface area contributed by atoms with Gasteiger partial charge in [0.1, 0.15) is 0 Å². The summed E-state index contributed by atoms with van der Waals surface area (Å²) in [6, 6.07) is 22.6. The quantitative estimate of drug-likeness (QED) is 0.516. The molecule has 1 saturated heterocycles. The van der Waals surface area contributed by atoms with Gasteiger partial charge in [-0.05, 0) is 42.8 Å². The van der Waals surface area contributed by atoms with Gasteiger partial charge < -0.3 is 10.1 Å². The molecule has 1 fully saturated rings. The number of carbonyl (C=O) groups excluding carboxylic acids is 1. The average molecular weight is 480 g/mol. The normalized spacial score (nSPS) is 15.4. The van der Waals surface area contributed by atoms with Crippen LogP contribution in [0.5, 0.6) is 0 Å². The number of nitrogens with zero attached hydrogens (tertiary/aromatic N) is 1. The Hall–Kier alpha value is -3.20. The van der Waals surface area contributed by atoms with E-state index in [9.17, 15) is 13.2 Å². The van der Waals surface area contributed by atoms with Crippen LogP contribution >= 0.6 is 0 Å². The third kappa shape index (κ3) is 6.22. The van der Waals surface area contributed by atoms with Crippen molar-refractivity contribution in [3.05, 3.63) is 95.6 Å². The smallest absolute Gasteiger partial charge is 0.261 e. The third-order valence-corrected chi connectivity index (χ3v) is 7.16. The summed E-state index contributed by atoms with van der Waals surface area (Å²) >= 11 is 0. The highest BCUT2D eigenvalue weighted by Crippen LogP contribution is 2.20. The lowest BCUT2D eigenvalue weighted by atomic mass is 10.0. The van der Waals surface area contributed by atoms with Crippen LogP contribution in [0.15, 0.2) is 83.8 Å².